The van der Waals surface area contributed by atoms with Crippen molar-refractivity contribution in [3.63, 3.8) is 0 Å². The second-order valence-corrected chi connectivity index (χ2v) is 4.36. The maximum absolute atomic E-state index is 11.9. The van der Waals surface area contributed by atoms with Crippen LogP contribution in [-0.4, -0.2) is 17.6 Å². The van der Waals surface area contributed by atoms with Gasteiger partial charge in [0.1, 0.15) is 5.75 Å². The zero-order valence-electron chi connectivity index (χ0n) is 9.24. The van der Waals surface area contributed by atoms with Gasteiger partial charge in [-0.3, -0.25) is 0 Å². The normalized spacial score (nSPS) is 25.5. The smallest absolute Gasteiger partial charge is 0.406 e. The van der Waals surface area contributed by atoms with Crippen LogP contribution >= 0.6 is 0 Å². The Labute approximate surface area is 97.0 Å². The van der Waals surface area contributed by atoms with Gasteiger partial charge in [0.2, 0.25) is 0 Å². The van der Waals surface area contributed by atoms with Crippen molar-refractivity contribution in [2.75, 3.05) is 0 Å². The van der Waals surface area contributed by atoms with Crippen molar-refractivity contribution < 1.29 is 23.0 Å². The Balaban J connectivity index is 2.00. The van der Waals surface area contributed by atoms with Crippen LogP contribution in [0.2, 0.25) is 0 Å². The summed E-state index contributed by atoms with van der Waals surface area (Å²) in [6.07, 6.45) is -4.13. The summed E-state index contributed by atoms with van der Waals surface area (Å²) in [5.41, 5.74) is 0.949. The van der Waals surface area contributed by atoms with Crippen LogP contribution in [0.4, 0.5) is 13.2 Å². The van der Waals surface area contributed by atoms with Crippen molar-refractivity contribution in [3.8, 4) is 5.75 Å². The summed E-state index contributed by atoms with van der Waals surface area (Å²) in [5, 5.41) is 9.36. The zero-order chi connectivity index (χ0) is 12.6. The van der Waals surface area contributed by atoms with E-state index in [1.54, 1.807) is 19.1 Å². The molecule has 94 valence electrons. The van der Waals surface area contributed by atoms with Crippen molar-refractivity contribution in [1.82, 2.24) is 0 Å². The minimum absolute atomic E-state index is 0.213. The first-order valence-corrected chi connectivity index (χ1v) is 5.40. The first kappa shape index (κ1) is 12.2. The quantitative estimate of drug-likeness (QED) is 0.888. The molecule has 2 rings (SSSR count). The van der Waals surface area contributed by atoms with Crippen LogP contribution in [0.3, 0.4) is 0 Å². The number of hydrogen-bond donors (Lipinski definition) is 1. The van der Waals surface area contributed by atoms with Gasteiger partial charge in [0.25, 0.3) is 0 Å². The number of aliphatic hydroxyl groups excluding tert-OH is 1. The topological polar surface area (TPSA) is 29.5 Å². The van der Waals surface area contributed by atoms with Gasteiger partial charge in [-0.1, -0.05) is 12.1 Å². The molecule has 0 heterocycles. The van der Waals surface area contributed by atoms with Gasteiger partial charge >= 0.3 is 6.36 Å². The molecule has 0 amide bonds. The average Bonchev–Trinajstić information content (AvgIpc) is 2.96. The molecule has 1 aliphatic rings. The van der Waals surface area contributed by atoms with Gasteiger partial charge < -0.3 is 9.84 Å². The van der Waals surface area contributed by atoms with E-state index in [1.807, 2.05) is 0 Å². The van der Waals surface area contributed by atoms with Gasteiger partial charge in [0.05, 0.1) is 6.10 Å². The molecule has 0 unspecified atom stereocenters. The number of aliphatic hydroxyl groups is 1. The molecule has 3 atom stereocenters. The third-order valence-electron chi connectivity index (χ3n) is 3.00. The van der Waals surface area contributed by atoms with Crippen molar-refractivity contribution in [2.45, 2.75) is 31.7 Å². The van der Waals surface area contributed by atoms with Gasteiger partial charge in [0.15, 0.2) is 0 Å². The number of rotatable bonds is 3. The van der Waals surface area contributed by atoms with Gasteiger partial charge in [-0.15, -0.1) is 13.2 Å². The molecule has 17 heavy (non-hydrogen) atoms. The van der Waals surface area contributed by atoms with E-state index in [9.17, 15) is 18.3 Å². The lowest BCUT2D eigenvalue weighted by Gasteiger charge is -2.09. The minimum atomic E-state index is -4.65. The molecule has 1 N–H and O–H groups in total. The molecular weight excluding hydrogens is 233 g/mol. The lowest BCUT2D eigenvalue weighted by molar-refractivity contribution is -0.274. The SMILES string of the molecule is C[C@H](O)[C@@H]1C[C@@H]1c1ccc(OC(F)(F)F)cc1. The Hall–Kier alpha value is -1.23. The van der Waals surface area contributed by atoms with E-state index in [2.05, 4.69) is 4.74 Å². The largest absolute Gasteiger partial charge is 0.573 e. The average molecular weight is 246 g/mol. The lowest BCUT2D eigenvalue weighted by atomic mass is 10.1. The number of halogens is 3. The van der Waals surface area contributed by atoms with Crippen molar-refractivity contribution in [3.05, 3.63) is 29.8 Å². The van der Waals surface area contributed by atoms with Crippen LogP contribution in [0.25, 0.3) is 0 Å². The standard InChI is InChI=1S/C12H13F3O2/c1-7(16)10-6-11(10)8-2-4-9(5-3-8)17-12(13,14)15/h2-5,7,10-11,16H,6H2,1H3/t7-,10-,11+/m0/s1. The Morgan fingerprint density at radius 3 is 2.29 bits per heavy atom. The monoisotopic (exact) mass is 246 g/mol. The fourth-order valence-corrected chi connectivity index (χ4v) is 2.05. The molecule has 1 aromatic rings. The van der Waals surface area contributed by atoms with Crippen molar-refractivity contribution in [1.29, 1.82) is 0 Å². The molecule has 1 saturated carbocycles. The van der Waals surface area contributed by atoms with Crippen LogP contribution in [0, 0.1) is 5.92 Å². The first-order chi connectivity index (χ1) is 7.87. The molecule has 1 aliphatic carbocycles. The van der Waals surface area contributed by atoms with Crippen LogP contribution in [-0.2, 0) is 0 Å². The molecule has 0 bridgehead atoms. The van der Waals surface area contributed by atoms with E-state index in [1.165, 1.54) is 12.1 Å². The summed E-state index contributed by atoms with van der Waals surface area (Å²) in [6.45, 7) is 1.73. The number of hydrogen-bond acceptors (Lipinski definition) is 2. The lowest BCUT2D eigenvalue weighted by Crippen LogP contribution is -2.17. The third kappa shape index (κ3) is 3.12. The number of alkyl halides is 3. The first-order valence-electron chi connectivity index (χ1n) is 5.40. The number of ether oxygens (including phenoxy) is 1. The summed E-state index contributed by atoms with van der Waals surface area (Å²) in [5.74, 6) is 0.273. The Bertz CT molecular complexity index is 384. The molecule has 1 fully saturated rings. The van der Waals surface area contributed by atoms with Gasteiger partial charge in [-0.25, -0.2) is 0 Å². The summed E-state index contributed by atoms with van der Waals surface area (Å²) < 4.78 is 39.6. The molecule has 0 aromatic heterocycles. The summed E-state index contributed by atoms with van der Waals surface area (Å²) in [4.78, 5) is 0. The Morgan fingerprint density at radius 2 is 1.88 bits per heavy atom. The van der Waals surface area contributed by atoms with Crippen LogP contribution in [0.1, 0.15) is 24.8 Å². The van der Waals surface area contributed by atoms with E-state index < -0.39 is 6.36 Å². The molecule has 0 aliphatic heterocycles. The van der Waals surface area contributed by atoms with E-state index in [0.29, 0.717) is 0 Å². The minimum Gasteiger partial charge on any atom is -0.406 e. The van der Waals surface area contributed by atoms with Crippen LogP contribution in [0.15, 0.2) is 24.3 Å². The maximum atomic E-state index is 11.9. The highest BCUT2D eigenvalue weighted by Crippen LogP contribution is 2.49. The summed E-state index contributed by atoms with van der Waals surface area (Å²) in [6, 6.07) is 5.85. The van der Waals surface area contributed by atoms with Gasteiger partial charge in [-0.05, 0) is 42.9 Å². The predicted molar refractivity (Wildman–Crippen MR) is 55.7 cm³/mol. The fraction of sp³-hybridized carbons (Fsp3) is 0.500. The van der Waals surface area contributed by atoms with Gasteiger partial charge in [-0.2, -0.15) is 0 Å². The maximum Gasteiger partial charge on any atom is 0.573 e. The third-order valence-corrected chi connectivity index (χ3v) is 3.00. The van der Waals surface area contributed by atoms with Gasteiger partial charge in [0, 0.05) is 0 Å². The highest BCUT2D eigenvalue weighted by atomic mass is 19.4. The predicted octanol–water partition coefficient (Wildman–Crippen LogP) is 3.07. The van der Waals surface area contributed by atoms with E-state index >= 15 is 0 Å². The van der Waals surface area contributed by atoms with Crippen molar-refractivity contribution >= 4 is 0 Å². The van der Waals surface area contributed by atoms with E-state index in [-0.39, 0.29) is 23.7 Å². The summed E-state index contributed by atoms with van der Waals surface area (Å²) >= 11 is 0. The zero-order valence-corrected chi connectivity index (χ0v) is 9.24. The summed E-state index contributed by atoms with van der Waals surface area (Å²) in [7, 11) is 0. The fourth-order valence-electron chi connectivity index (χ4n) is 2.05. The molecule has 1 aromatic carbocycles. The highest BCUT2D eigenvalue weighted by Gasteiger charge is 2.41. The molecule has 0 radical (unpaired) electrons. The second kappa shape index (κ2) is 4.22. The van der Waals surface area contributed by atoms with Crippen LogP contribution in [0.5, 0.6) is 5.75 Å². The molecular formula is C12H13F3O2. The molecule has 0 spiro atoms. The highest BCUT2D eigenvalue weighted by molar-refractivity contribution is 5.33. The van der Waals surface area contributed by atoms with E-state index in [4.69, 9.17) is 0 Å². The Morgan fingerprint density at radius 1 is 1.29 bits per heavy atom. The molecule has 2 nitrogen and oxygen atoms in total. The number of benzene rings is 1. The van der Waals surface area contributed by atoms with Crippen molar-refractivity contribution in [2.24, 2.45) is 5.92 Å². The Kier molecular flexibility index (Phi) is 3.03. The van der Waals surface area contributed by atoms with Crippen LogP contribution < -0.4 is 4.74 Å². The molecule has 0 saturated heterocycles. The second-order valence-electron chi connectivity index (χ2n) is 4.36. The van der Waals surface area contributed by atoms with E-state index in [0.717, 1.165) is 12.0 Å². The molecule has 5 heteroatoms.